The molecule has 8 rings (SSSR count). The third kappa shape index (κ3) is 17.4. The Hall–Kier alpha value is -4.51. The van der Waals surface area contributed by atoms with Crippen LogP contribution in [0.5, 0.6) is 0 Å². The van der Waals surface area contributed by atoms with Gasteiger partial charge in [0.2, 0.25) is 27.6 Å². The minimum atomic E-state index is -4.08. The zero-order valence-electron chi connectivity index (χ0n) is 49.8. The molecule has 3 aromatic rings. The van der Waals surface area contributed by atoms with Gasteiger partial charge in [-0.1, -0.05) is 35.9 Å². The Balaban J connectivity index is 0.825. The largest absolute Gasteiger partial charge is 0.394 e. The second-order valence-electron chi connectivity index (χ2n) is 23.2. The quantitative estimate of drug-likeness (QED) is 0.0198. The number of aliphatic hydroxyl groups is 11. The standard InChI is InChI=1S/C56H85N9O22S3/c1-64(2)34-12-7-11-31-30(34)10-8-15-39(31)90(81,82)59-19-21-88-26-32(35(68)13-3-5-17-41(70)58-22-29-23-65(63-62-29)20-9-18-57-40(69)16-6-4-14-38-42-33(27-89-38)60-55(80)61-42)43(71)51-48(76)47(75)49(77)53(85-51)83-25-37-44(72)46(74)50(78)54(84-37)87-56(28-67)52(79)45(73)36(24-66)86-56/h7-8,10-12,15,23,32-33,36-38,42-54,59,66-67,71-79H,3-6,9,13-14,16-22,24-28H2,1-2H3,(H,57,69)(H,58,70)(H2,60,61,80)/t32?,33-,36+,37+,38-,42-,43?,44+,45+,46-,47-,48+,49+,50+,51+,52-,53-,54+,56-/m0/s1. The summed E-state index contributed by atoms with van der Waals surface area (Å²) in [6, 6.07) is 10.4. The molecular formula is C56H85N9O22S3. The van der Waals surface area contributed by atoms with E-state index >= 15 is 0 Å². The van der Waals surface area contributed by atoms with Gasteiger partial charge in [0.25, 0.3) is 0 Å². The van der Waals surface area contributed by atoms with Gasteiger partial charge in [0.05, 0.1) is 55.0 Å². The fourth-order valence-corrected chi connectivity index (χ4v) is 15.5. The normalized spacial score (nSPS) is 31.6. The van der Waals surface area contributed by atoms with Crippen molar-refractivity contribution in [3.63, 3.8) is 0 Å². The van der Waals surface area contributed by atoms with Crippen molar-refractivity contribution in [3.8, 4) is 0 Å². The number of anilines is 1. The highest BCUT2D eigenvalue weighted by molar-refractivity contribution is 8.00. The number of aromatic nitrogens is 3. The maximum absolute atomic E-state index is 14.2. The average Bonchev–Trinajstić information content (AvgIpc) is 1.74. The first-order valence-corrected chi connectivity index (χ1v) is 33.7. The molecule has 0 bridgehead atoms. The third-order valence-electron chi connectivity index (χ3n) is 16.6. The first-order valence-electron chi connectivity index (χ1n) is 30.0. The fraction of sp³-hybridized carbons (Fsp3) is 0.714. The van der Waals surface area contributed by atoms with E-state index in [4.69, 9.17) is 23.7 Å². The number of nitrogens with one attached hydrogen (secondary N) is 5. The second-order valence-corrected chi connectivity index (χ2v) is 27.4. The fourth-order valence-electron chi connectivity index (χ4n) is 11.5. The molecular weight excluding hydrogens is 1250 g/mol. The zero-order valence-corrected chi connectivity index (χ0v) is 52.2. The van der Waals surface area contributed by atoms with Gasteiger partial charge in [-0.25, -0.2) is 17.9 Å². The maximum Gasteiger partial charge on any atom is 0.315 e. The van der Waals surface area contributed by atoms with Crippen LogP contribution in [0, 0.1) is 5.92 Å². The number of unbranched alkanes of at least 4 members (excludes halogenated alkanes) is 2. The van der Waals surface area contributed by atoms with Crippen molar-refractivity contribution >= 4 is 73.6 Å². The third-order valence-corrected chi connectivity index (χ3v) is 20.8. The number of nitrogens with zero attached hydrogens (tertiary/aromatic N) is 4. The van der Waals surface area contributed by atoms with E-state index in [1.165, 1.54) is 6.07 Å². The highest BCUT2D eigenvalue weighted by Crippen LogP contribution is 2.38. The summed E-state index contributed by atoms with van der Waals surface area (Å²) in [5, 5.41) is 140. The van der Waals surface area contributed by atoms with E-state index in [0.717, 1.165) is 42.5 Å². The number of urea groups is 1. The Morgan fingerprint density at radius 3 is 2.27 bits per heavy atom. The van der Waals surface area contributed by atoms with Crippen LogP contribution in [0.1, 0.15) is 63.5 Å². The number of fused-ring (bicyclic) bond motifs is 2. The van der Waals surface area contributed by atoms with Crippen LogP contribution in [-0.4, -0.2) is 276 Å². The number of Topliss-reactive ketones (excluding diaryl/α,β-unsaturated/α-hetero) is 1. The predicted octanol–water partition coefficient (Wildman–Crippen LogP) is -4.39. The van der Waals surface area contributed by atoms with Crippen LogP contribution in [0.15, 0.2) is 47.5 Å². The molecule has 5 fully saturated rings. The summed E-state index contributed by atoms with van der Waals surface area (Å²) in [5.41, 5.74) is 1.29. The Morgan fingerprint density at radius 2 is 1.53 bits per heavy atom. The zero-order chi connectivity index (χ0) is 65.0. The van der Waals surface area contributed by atoms with Gasteiger partial charge in [-0.2, -0.15) is 23.5 Å². The lowest BCUT2D eigenvalue weighted by Gasteiger charge is -2.45. The molecule has 5 aliphatic heterocycles. The van der Waals surface area contributed by atoms with Crippen molar-refractivity contribution in [3.05, 3.63) is 48.3 Å². The van der Waals surface area contributed by atoms with Crippen molar-refractivity contribution in [2.24, 2.45) is 5.92 Å². The van der Waals surface area contributed by atoms with Gasteiger partial charge >= 0.3 is 6.03 Å². The number of ketones is 1. The smallest absolute Gasteiger partial charge is 0.315 e. The Morgan fingerprint density at radius 1 is 0.833 bits per heavy atom. The number of ether oxygens (including phenoxy) is 5. The van der Waals surface area contributed by atoms with Crippen LogP contribution in [0.4, 0.5) is 10.5 Å². The second kappa shape index (κ2) is 32.6. The summed E-state index contributed by atoms with van der Waals surface area (Å²) in [7, 11) is -0.404. The molecule has 4 amide bonds. The molecule has 0 radical (unpaired) electrons. The first-order chi connectivity index (χ1) is 43.0. The molecule has 5 aliphatic rings. The molecule has 0 aliphatic carbocycles. The van der Waals surface area contributed by atoms with E-state index in [2.05, 4.69) is 36.3 Å². The van der Waals surface area contributed by atoms with E-state index in [9.17, 15) is 83.8 Å². The number of hydrogen-bond acceptors (Lipinski definition) is 27. The summed E-state index contributed by atoms with van der Waals surface area (Å²) in [6.07, 6.45) is -21.6. The summed E-state index contributed by atoms with van der Waals surface area (Å²) in [6.45, 7) is -1.99. The highest BCUT2D eigenvalue weighted by Gasteiger charge is 2.59. The van der Waals surface area contributed by atoms with Crippen molar-refractivity contribution in [1.29, 1.82) is 0 Å². The van der Waals surface area contributed by atoms with Gasteiger partial charge < -0.3 is 106 Å². The molecule has 5 saturated heterocycles. The Bertz CT molecular complexity index is 2980. The van der Waals surface area contributed by atoms with Gasteiger partial charge in [-0.05, 0) is 44.2 Å². The topological polar surface area (TPSA) is 465 Å². The van der Waals surface area contributed by atoms with Crippen LogP contribution in [0.3, 0.4) is 0 Å². The lowest BCUT2D eigenvalue weighted by Crippen LogP contribution is -2.64. The lowest BCUT2D eigenvalue weighted by molar-refractivity contribution is -0.388. The van der Waals surface area contributed by atoms with E-state index in [1.54, 1.807) is 29.1 Å². The van der Waals surface area contributed by atoms with Gasteiger partial charge in [0.15, 0.2) is 12.6 Å². The Kier molecular flexibility index (Phi) is 25.8. The number of carbonyl (C=O) groups excluding carboxylic acids is 4. The number of thioether (sulfide) groups is 2. The molecule has 90 heavy (non-hydrogen) atoms. The van der Waals surface area contributed by atoms with E-state index < -0.39 is 133 Å². The van der Waals surface area contributed by atoms with Gasteiger partial charge in [0.1, 0.15) is 85.2 Å². The summed E-state index contributed by atoms with van der Waals surface area (Å²) >= 11 is 2.92. The number of benzene rings is 2. The van der Waals surface area contributed by atoms with Crippen molar-refractivity contribution in [2.45, 2.75) is 185 Å². The number of aliphatic hydroxyl groups excluding tert-OH is 11. The molecule has 2 unspecified atom stereocenters. The molecule has 16 N–H and O–H groups in total. The van der Waals surface area contributed by atoms with Crippen LogP contribution in [0.2, 0.25) is 0 Å². The summed E-state index contributed by atoms with van der Waals surface area (Å²) in [5.74, 6) is -4.08. The molecule has 0 spiro atoms. The average molecular weight is 1330 g/mol. The maximum atomic E-state index is 14.2. The van der Waals surface area contributed by atoms with E-state index in [1.807, 2.05) is 42.9 Å². The molecule has 1 aromatic heterocycles. The SMILES string of the molecule is CN(C)c1cccc2c(S(=O)(=O)NCCSCC(C(=O)CCCCC(=O)NCc3cn(CCCNC(=O)CCCC[C@@H]4SC[C@@H]5NC(=O)N[C@@H]54)nn3)C(O)[C@H]3O[C@H](OC[C@H]4O[C@H](O[C@]5(CO)O[C@H](CO)[C@@H](O)[C@@H]5O)[C@H](O)[C@@H](O)[C@@H]4O)[C@H](O)[C@@H](O)[C@H]3O)cccc12. The predicted molar refractivity (Wildman–Crippen MR) is 321 cm³/mol. The van der Waals surface area contributed by atoms with Gasteiger partial charge in [-0.15, -0.1) is 5.10 Å². The number of hydrogen-bond donors (Lipinski definition) is 16. The highest BCUT2D eigenvalue weighted by atomic mass is 32.2. The number of amides is 4. The molecule has 34 heteroatoms. The van der Waals surface area contributed by atoms with Crippen molar-refractivity contribution in [1.82, 2.24) is 41.0 Å². The van der Waals surface area contributed by atoms with Crippen LogP contribution >= 0.6 is 23.5 Å². The number of rotatable bonds is 34. The molecule has 19 atom stereocenters. The minimum absolute atomic E-state index is 0.00618. The van der Waals surface area contributed by atoms with E-state index in [0.29, 0.717) is 47.6 Å². The van der Waals surface area contributed by atoms with E-state index in [-0.39, 0.29) is 85.1 Å². The van der Waals surface area contributed by atoms with Gasteiger partial charge in [0, 0.05) is 92.0 Å². The van der Waals surface area contributed by atoms with Crippen molar-refractivity contribution in [2.75, 3.05) is 69.2 Å². The molecule has 504 valence electrons. The number of sulfonamides is 1. The monoisotopic (exact) mass is 1330 g/mol. The Labute approximate surface area is 527 Å². The van der Waals surface area contributed by atoms with Crippen LogP contribution < -0.4 is 30.9 Å². The number of carbonyl (C=O) groups is 4. The summed E-state index contributed by atoms with van der Waals surface area (Å²) in [4.78, 5) is 53.2. The lowest BCUT2D eigenvalue weighted by atomic mass is 9.86. The minimum Gasteiger partial charge on any atom is -0.394 e. The summed E-state index contributed by atoms with van der Waals surface area (Å²) < 4.78 is 59.7. The first kappa shape index (κ1) is 71.3. The van der Waals surface area contributed by atoms with Gasteiger partial charge in [-0.3, -0.25) is 19.1 Å². The number of aryl methyl sites for hydroxylation is 1. The van der Waals surface area contributed by atoms with Crippen molar-refractivity contribution < 1.29 is 107 Å². The molecule has 31 nitrogen and oxygen atoms in total. The molecule has 2 aromatic carbocycles. The van der Waals surface area contributed by atoms with Crippen LogP contribution in [-0.2, 0) is 61.2 Å². The molecule has 0 saturated carbocycles. The molecule has 6 heterocycles. The van der Waals surface area contributed by atoms with Crippen LogP contribution in [0.25, 0.3) is 10.8 Å².